The highest BCUT2D eigenvalue weighted by Crippen LogP contribution is 2.35. The van der Waals surface area contributed by atoms with E-state index in [0.29, 0.717) is 18.9 Å². The molecule has 1 amide bonds. The summed E-state index contributed by atoms with van der Waals surface area (Å²) in [5.41, 5.74) is 1.02. The standard InChI is InChI=1S/C19H23N3O2S/c23-19(21-10-14-3-1-5-20-9-14)8-16-7-15-11-22(13-18(15)24-16)12-17-4-2-6-25-17/h1-6,9,15-16,18H,7-8,10-13H2,(H,21,23)/t15-,16+,18+/m0/s1. The van der Waals surface area contributed by atoms with Crippen LogP contribution in [0.5, 0.6) is 0 Å². The van der Waals surface area contributed by atoms with Gasteiger partial charge in [0.15, 0.2) is 0 Å². The van der Waals surface area contributed by atoms with E-state index >= 15 is 0 Å². The molecule has 5 nitrogen and oxygen atoms in total. The van der Waals surface area contributed by atoms with Crippen LogP contribution in [0.15, 0.2) is 42.0 Å². The lowest BCUT2D eigenvalue weighted by Crippen LogP contribution is -2.29. The molecule has 0 aromatic carbocycles. The van der Waals surface area contributed by atoms with E-state index in [1.807, 2.05) is 23.5 Å². The van der Waals surface area contributed by atoms with E-state index < -0.39 is 0 Å². The second kappa shape index (κ2) is 7.64. The molecular weight excluding hydrogens is 334 g/mol. The Hall–Kier alpha value is -1.76. The molecule has 2 aliphatic heterocycles. The van der Waals surface area contributed by atoms with E-state index in [9.17, 15) is 4.79 Å². The van der Waals surface area contributed by atoms with Gasteiger partial charge in [0.25, 0.3) is 0 Å². The summed E-state index contributed by atoms with van der Waals surface area (Å²) in [4.78, 5) is 20.1. The van der Waals surface area contributed by atoms with Crippen LogP contribution in [0, 0.1) is 5.92 Å². The predicted octanol–water partition coefficient (Wildman–Crippen LogP) is 2.44. The number of likely N-dealkylation sites (tertiary alicyclic amines) is 1. The third-order valence-electron chi connectivity index (χ3n) is 4.97. The van der Waals surface area contributed by atoms with Gasteiger partial charge < -0.3 is 10.1 Å². The molecule has 2 fully saturated rings. The lowest BCUT2D eigenvalue weighted by atomic mass is 10.0. The highest BCUT2D eigenvalue weighted by Gasteiger charge is 2.42. The maximum atomic E-state index is 12.1. The first-order chi connectivity index (χ1) is 12.3. The summed E-state index contributed by atoms with van der Waals surface area (Å²) in [6, 6.07) is 8.14. The fraction of sp³-hybridized carbons (Fsp3) is 0.474. The zero-order valence-electron chi connectivity index (χ0n) is 14.1. The van der Waals surface area contributed by atoms with Crippen LogP contribution in [0.2, 0.25) is 0 Å². The molecule has 0 spiro atoms. The van der Waals surface area contributed by atoms with Crippen molar-refractivity contribution in [2.24, 2.45) is 5.92 Å². The van der Waals surface area contributed by atoms with Crippen LogP contribution in [-0.4, -0.2) is 41.1 Å². The Kier molecular flexibility index (Phi) is 5.10. The van der Waals surface area contributed by atoms with Crippen molar-refractivity contribution in [1.82, 2.24) is 15.2 Å². The number of fused-ring (bicyclic) bond motifs is 1. The number of carbonyl (C=O) groups excluding carboxylic acids is 1. The topological polar surface area (TPSA) is 54.5 Å². The van der Waals surface area contributed by atoms with E-state index in [4.69, 9.17) is 4.74 Å². The molecule has 132 valence electrons. The maximum Gasteiger partial charge on any atom is 0.222 e. The Morgan fingerprint density at radius 3 is 3.08 bits per heavy atom. The van der Waals surface area contributed by atoms with Gasteiger partial charge in [-0.05, 0) is 29.5 Å². The molecule has 4 heterocycles. The quantitative estimate of drug-likeness (QED) is 0.863. The van der Waals surface area contributed by atoms with Gasteiger partial charge in [0.1, 0.15) is 0 Å². The molecular formula is C19H23N3O2S. The predicted molar refractivity (Wildman–Crippen MR) is 97.1 cm³/mol. The summed E-state index contributed by atoms with van der Waals surface area (Å²) in [7, 11) is 0. The van der Waals surface area contributed by atoms with Gasteiger partial charge in [-0.1, -0.05) is 12.1 Å². The summed E-state index contributed by atoms with van der Waals surface area (Å²) in [6.45, 7) is 3.61. The van der Waals surface area contributed by atoms with Gasteiger partial charge >= 0.3 is 0 Å². The molecule has 0 unspecified atom stereocenters. The third kappa shape index (κ3) is 4.26. The van der Waals surface area contributed by atoms with Crippen molar-refractivity contribution in [3.8, 4) is 0 Å². The molecule has 0 radical (unpaired) electrons. The van der Waals surface area contributed by atoms with Gasteiger partial charge in [0.05, 0.1) is 18.6 Å². The first-order valence-electron chi connectivity index (χ1n) is 8.82. The van der Waals surface area contributed by atoms with E-state index in [-0.39, 0.29) is 18.1 Å². The highest BCUT2D eigenvalue weighted by molar-refractivity contribution is 7.09. The average Bonchev–Trinajstić information content (AvgIpc) is 3.31. The third-order valence-corrected chi connectivity index (χ3v) is 5.84. The number of ether oxygens (including phenoxy) is 1. The van der Waals surface area contributed by atoms with Gasteiger partial charge in [-0.2, -0.15) is 0 Å². The van der Waals surface area contributed by atoms with E-state index in [1.165, 1.54) is 4.88 Å². The largest absolute Gasteiger partial charge is 0.373 e. The number of thiophene rings is 1. The van der Waals surface area contributed by atoms with E-state index in [1.54, 1.807) is 12.4 Å². The molecule has 0 bridgehead atoms. The summed E-state index contributed by atoms with van der Waals surface area (Å²) in [5.74, 6) is 0.625. The zero-order chi connectivity index (χ0) is 17.1. The highest BCUT2D eigenvalue weighted by atomic mass is 32.1. The minimum Gasteiger partial charge on any atom is -0.373 e. The van der Waals surface area contributed by atoms with Crippen molar-refractivity contribution in [2.75, 3.05) is 13.1 Å². The van der Waals surface area contributed by atoms with Gasteiger partial charge in [-0.25, -0.2) is 0 Å². The lowest BCUT2D eigenvalue weighted by molar-refractivity contribution is -0.124. The van der Waals surface area contributed by atoms with Crippen molar-refractivity contribution in [1.29, 1.82) is 0 Å². The molecule has 4 rings (SSSR count). The number of aromatic nitrogens is 1. The van der Waals surface area contributed by atoms with Crippen molar-refractivity contribution in [3.05, 3.63) is 52.5 Å². The first kappa shape index (κ1) is 16.7. The molecule has 0 saturated carbocycles. The van der Waals surface area contributed by atoms with Crippen LogP contribution in [0.1, 0.15) is 23.3 Å². The van der Waals surface area contributed by atoms with Crippen LogP contribution in [0.4, 0.5) is 0 Å². The van der Waals surface area contributed by atoms with Crippen LogP contribution < -0.4 is 5.32 Å². The normalized spacial score (nSPS) is 25.8. The molecule has 2 aromatic heterocycles. The van der Waals surface area contributed by atoms with Crippen LogP contribution in [0.25, 0.3) is 0 Å². The minimum absolute atomic E-state index is 0.0595. The molecule has 3 atom stereocenters. The second-order valence-electron chi connectivity index (χ2n) is 6.91. The fourth-order valence-electron chi connectivity index (χ4n) is 3.81. The Labute approximate surface area is 152 Å². The monoisotopic (exact) mass is 357 g/mol. The van der Waals surface area contributed by atoms with Crippen molar-refractivity contribution in [2.45, 2.75) is 38.1 Å². The zero-order valence-corrected chi connectivity index (χ0v) is 15.0. The molecule has 25 heavy (non-hydrogen) atoms. The number of nitrogens with one attached hydrogen (secondary N) is 1. The Morgan fingerprint density at radius 2 is 2.32 bits per heavy atom. The number of amides is 1. The summed E-state index contributed by atoms with van der Waals surface area (Å²) in [6.07, 6.45) is 5.31. The Bertz CT molecular complexity index is 678. The van der Waals surface area contributed by atoms with Crippen LogP contribution in [-0.2, 0) is 22.6 Å². The summed E-state index contributed by atoms with van der Waals surface area (Å²) < 4.78 is 6.15. The SMILES string of the molecule is O=C(C[C@H]1C[C@H]2CN(Cc3cccs3)C[C@H]2O1)NCc1cccnc1. The number of pyridine rings is 1. The number of carbonyl (C=O) groups is 1. The number of nitrogens with zero attached hydrogens (tertiary/aromatic N) is 2. The van der Waals surface area contributed by atoms with E-state index in [2.05, 4.69) is 32.7 Å². The van der Waals surface area contributed by atoms with E-state index in [0.717, 1.165) is 31.6 Å². The van der Waals surface area contributed by atoms with Crippen molar-refractivity contribution < 1.29 is 9.53 Å². The average molecular weight is 357 g/mol. The van der Waals surface area contributed by atoms with Gasteiger partial charge in [-0.15, -0.1) is 11.3 Å². The van der Waals surface area contributed by atoms with Crippen LogP contribution >= 0.6 is 11.3 Å². The van der Waals surface area contributed by atoms with Crippen molar-refractivity contribution in [3.63, 3.8) is 0 Å². The Balaban J connectivity index is 1.20. The second-order valence-corrected chi connectivity index (χ2v) is 7.94. The molecule has 2 aliphatic rings. The number of rotatable bonds is 6. The minimum atomic E-state index is 0.0595. The number of hydrogen-bond donors (Lipinski definition) is 1. The summed E-state index contributed by atoms with van der Waals surface area (Å²) in [5, 5.41) is 5.09. The molecule has 1 N–H and O–H groups in total. The molecule has 2 saturated heterocycles. The van der Waals surface area contributed by atoms with Crippen LogP contribution in [0.3, 0.4) is 0 Å². The fourth-order valence-corrected chi connectivity index (χ4v) is 4.56. The Morgan fingerprint density at radius 1 is 1.36 bits per heavy atom. The van der Waals surface area contributed by atoms with Gasteiger partial charge in [0.2, 0.25) is 5.91 Å². The van der Waals surface area contributed by atoms with Crippen molar-refractivity contribution >= 4 is 17.2 Å². The molecule has 0 aliphatic carbocycles. The van der Waals surface area contributed by atoms with Gasteiger partial charge in [-0.3, -0.25) is 14.7 Å². The maximum absolute atomic E-state index is 12.1. The molecule has 6 heteroatoms. The molecule has 2 aromatic rings. The smallest absolute Gasteiger partial charge is 0.222 e. The lowest BCUT2D eigenvalue weighted by Gasteiger charge is -2.18. The number of hydrogen-bond acceptors (Lipinski definition) is 5. The van der Waals surface area contributed by atoms with Gasteiger partial charge in [0, 0.05) is 49.4 Å². The summed E-state index contributed by atoms with van der Waals surface area (Å²) >= 11 is 1.81. The first-order valence-corrected chi connectivity index (χ1v) is 9.70.